The Balaban J connectivity index is 1.62. The van der Waals surface area contributed by atoms with Crippen molar-refractivity contribution in [3.63, 3.8) is 0 Å². The summed E-state index contributed by atoms with van der Waals surface area (Å²) in [6.07, 6.45) is 5.78. The first-order valence-electron chi connectivity index (χ1n) is 10.5. The Morgan fingerprint density at radius 1 is 1.21 bits per heavy atom. The number of hydrogen-bond acceptors (Lipinski definition) is 8. The molecule has 176 valence electrons. The van der Waals surface area contributed by atoms with Crippen molar-refractivity contribution in [3.8, 4) is 0 Å². The molecule has 0 saturated carbocycles. The second-order valence-corrected chi connectivity index (χ2v) is 11.5. The van der Waals surface area contributed by atoms with Crippen LogP contribution in [0.3, 0.4) is 0 Å². The minimum absolute atomic E-state index is 0.0477. The Kier molecular flexibility index (Phi) is 6.78. The van der Waals surface area contributed by atoms with E-state index in [9.17, 15) is 18.3 Å². The number of benzene rings is 1. The summed E-state index contributed by atoms with van der Waals surface area (Å²) in [4.78, 5) is 26.0. The van der Waals surface area contributed by atoms with E-state index in [-0.39, 0.29) is 6.04 Å². The van der Waals surface area contributed by atoms with Crippen molar-refractivity contribution in [2.75, 3.05) is 41.9 Å². The van der Waals surface area contributed by atoms with Crippen molar-refractivity contribution < 1.29 is 18.3 Å². The molecule has 0 spiro atoms. The molecule has 0 radical (unpaired) electrons. The first kappa shape index (κ1) is 23.7. The van der Waals surface area contributed by atoms with Crippen LogP contribution in [0.2, 0.25) is 0 Å². The Hall–Kier alpha value is -2.44. The van der Waals surface area contributed by atoms with Crippen LogP contribution in [0.5, 0.6) is 0 Å². The van der Waals surface area contributed by atoms with E-state index < -0.39 is 15.9 Å². The Morgan fingerprint density at radius 3 is 2.58 bits per heavy atom. The van der Waals surface area contributed by atoms with Gasteiger partial charge in [-0.1, -0.05) is 24.0 Å². The molecule has 0 unspecified atom stereocenters. The van der Waals surface area contributed by atoms with Gasteiger partial charge in [0, 0.05) is 43.7 Å². The Labute approximate surface area is 202 Å². The van der Waals surface area contributed by atoms with Gasteiger partial charge < -0.3 is 19.8 Å². The van der Waals surface area contributed by atoms with E-state index in [1.807, 2.05) is 23.3 Å². The van der Waals surface area contributed by atoms with E-state index in [0.29, 0.717) is 53.3 Å². The summed E-state index contributed by atoms with van der Waals surface area (Å²) in [7, 11) is -3.27. The molecule has 1 N–H and O–H groups in total. The van der Waals surface area contributed by atoms with Crippen molar-refractivity contribution in [2.45, 2.75) is 30.2 Å². The number of thiocarbonyl (C=S) groups is 1. The van der Waals surface area contributed by atoms with Gasteiger partial charge in [0.2, 0.25) is 0 Å². The molecule has 1 saturated heterocycles. The molecule has 1 aromatic heterocycles. The summed E-state index contributed by atoms with van der Waals surface area (Å²) < 4.78 is 24.5. The molecule has 3 heterocycles. The number of amides is 1. The molecule has 1 fully saturated rings. The van der Waals surface area contributed by atoms with E-state index >= 15 is 0 Å². The van der Waals surface area contributed by atoms with Gasteiger partial charge in [0.15, 0.2) is 9.84 Å². The monoisotopic (exact) mass is 507 g/mol. The van der Waals surface area contributed by atoms with E-state index in [2.05, 4.69) is 14.9 Å². The van der Waals surface area contributed by atoms with Gasteiger partial charge in [0.05, 0.1) is 4.90 Å². The number of hydrogen-bond donors (Lipinski definition) is 1. The van der Waals surface area contributed by atoms with E-state index in [0.717, 1.165) is 17.7 Å². The summed E-state index contributed by atoms with van der Waals surface area (Å²) in [5.41, 5.74) is 1.90. The topological polar surface area (TPSA) is 107 Å². The van der Waals surface area contributed by atoms with Crippen LogP contribution >= 0.6 is 24.0 Å². The highest BCUT2D eigenvalue weighted by atomic mass is 32.2. The van der Waals surface area contributed by atoms with Gasteiger partial charge in [0.25, 0.3) is 0 Å². The van der Waals surface area contributed by atoms with Gasteiger partial charge in [-0.3, -0.25) is 0 Å². The van der Waals surface area contributed by atoms with E-state index in [4.69, 9.17) is 12.2 Å². The maximum atomic E-state index is 11.9. The zero-order chi connectivity index (χ0) is 23.8. The average Bonchev–Trinajstić information content (AvgIpc) is 3.22. The lowest BCUT2D eigenvalue weighted by Gasteiger charge is -2.38. The number of carbonyl (C=O) groups is 1. The van der Waals surface area contributed by atoms with Crippen LogP contribution in [0.15, 0.2) is 35.5 Å². The van der Waals surface area contributed by atoms with Crippen LogP contribution in [0.25, 0.3) is 0 Å². The molecule has 0 atom stereocenters. The van der Waals surface area contributed by atoms with Gasteiger partial charge in [-0.05, 0) is 49.3 Å². The second-order valence-electron chi connectivity index (χ2n) is 8.04. The fourth-order valence-electron chi connectivity index (χ4n) is 4.31. The van der Waals surface area contributed by atoms with Crippen LogP contribution < -0.4 is 9.80 Å². The minimum atomic E-state index is -3.27. The molecular formula is C21H25N5O4S3. The van der Waals surface area contributed by atoms with Gasteiger partial charge >= 0.3 is 6.09 Å². The molecule has 1 amide bonds. The molecule has 12 heteroatoms. The predicted molar refractivity (Wildman–Crippen MR) is 134 cm³/mol. The lowest BCUT2D eigenvalue weighted by atomic mass is 10.0. The number of piperidine rings is 1. The number of likely N-dealkylation sites (tertiary alicyclic amines) is 1. The molecule has 2 aliphatic heterocycles. The number of aromatic nitrogens is 2. The summed E-state index contributed by atoms with van der Waals surface area (Å²) in [6.45, 7) is 1.59. The first-order chi connectivity index (χ1) is 15.7. The minimum Gasteiger partial charge on any atom is -0.465 e. The van der Waals surface area contributed by atoms with Crippen molar-refractivity contribution in [2.24, 2.45) is 0 Å². The molecule has 33 heavy (non-hydrogen) atoms. The molecule has 0 aliphatic carbocycles. The van der Waals surface area contributed by atoms with Crippen molar-refractivity contribution >= 4 is 61.6 Å². The fourth-order valence-corrected chi connectivity index (χ4v) is 5.66. The van der Waals surface area contributed by atoms with E-state index in [1.165, 1.54) is 29.2 Å². The van der Waals surface area contributed by atoms with E-state index in [1.54, 1.807) is 12.1 Å². The third kappa shape index (κ3) is 4.92. The highest BCUT2D eigenvalue weighted by Gasteiger charge is 2.31. The Bertz CT molecular complexity index is 1180. The lowest BCUT2D eigenvalue weighted by molar-refractivity contribution is 0.132. The number of rotatable bonds is 4. The zero-order valence-electron chi connectivity index (χ0n) is 18.3. The number of nitrogens with zero attached hydrogens (tertiary/aromatic N) is 5. The number of thioether (sulfide) groups is 1. The van der Waals surface area contributed by atoms with Gasteiger partial charge in [-0.25, -0.2) is 23.2 Å². The van der Waals surface area contributed by atoms with Crippen LogP contribution in [-0.2, 0) is 16.3 Å². The van der Waals surface area contributed by atoms with Crippen LogP contribution in [-0.4, -0.2) is 77.0 Å². The van der Waals surface area contributed by atoms with Gasteiger partial charge in [-0.15, -0.1) is 0 Å². The SMILES string of the molecule is CSC(=S)N(c1cc(N2CCc3cc(S(C)(=O)=O)ccc32)ncn1)C1CCN(C(=O)O)CC1. The third-order valence-electron chi connectivity index (χ3n) is 6.01. The summed E-state index contributed by atoms with van der Waals surface area (Å²) in [6, 6.07) is 7.13. The third-order valence-corrected chi connectivity index (χ3v) is 8.36. The van der Waals surface area contributed by atoms with Crippen molar-refractivity contribution in [1.29, 1.82) is 0 Å². The number of sulfone groups is 1. The zero-order valence-corrected chi connectivity index (χ0v) is 20.8. The molecule has 2 aliphatic rings. The second kappa shape index (κ2) is 9.43. The summed E-state index contributed by atoms with van der Waals surface area (Å²) >= 11 is 7.09. The normalized spacial score (nSPS) is 16.5. The van der Waals surface area contributed by atoms with Crippen LogP contribution in [0, 0.1) is 0 Å². The highest BCUT2D eigenvalue weighted by molar-refractivity contribution is 8.22. The quantitative estimate of drug-likeness (QED) is 0.620. The maximum Gasteiger partial charge on any atom is 0.407 e. The predicted octanol–water partition coefficient (Wildman–Crippen LogP) is 3.17. The smallest absolute Gasteiger partial charge is 0.407 e. The van der Waals surface area contributed by atoms with Gasteiger partial charge in [-0.2, -0.15) is 0 Å². The highest BCUT2D eigenvalue weighted by Crippen LogP contribution is 2.36. The maximum absolute atomic E-state index is 11.9. The standard InChI is InChI=1S/C21H25N5O4S3/c1-32-21(31)26(15-6-8-24(9-7-15)20(27)28)19-12-18(22-13-23-19)25-10-5-14-11-16(33(2,29)30)3-4-17(14)25/h3-4,11-13,15H,5-10H2,1-2H3,(H,27,28). The molecule has 9 nitrogen and oxygen atoms in total. The fraction of sp³-hybridized carbons (Fsp3) is 0.429. The van der Waals surface area contributed by atoms with Crippen molar-refractivity contribution in [1.82, 2.24) is 14.9 Å². The Morgan fingerprint density at radius 2 is 1.94 bits per heavy atom. The lowest BCUT2D eigenvalue weighted by Crippen LogP contribution is -2.48. The number of anilines is 3. The van der Waals surface area contributed by atoms with Gasteiger partial charge in [0.1, 0.15) is 22.3 Å². The van der Waals surface area contributed by atoms with Crippen molar-refractivity contribution in [3.05, 3.63) is 36.2 Å². The number of fused-ring (bicyclic) bond motifs is 1. The molecule has 1 aromatic carbocycles. The molecule has 2 aromatic rings. The molecule has 4 rings (SSSR count). The average molecular weight is 508 g/mol. The molecule has 0 bridgehead atoms. The number of carboxylic acid groups (broad SMARTS) is 1. The summed E-state index contributed by atoms with van der Waals surface area (Å²) in [5.74, 6) is 1.39. The first-order valence-corrected chi connectivity index (χ1v) is 14.0. The molecular weight excluding hydrogens is 482 g/mol. The van der Waals surface area contributed by atoms with Crippen LogP contribution in [0.4, 0.5) is 22.1 Å². The van der Waals surface area contributed by atoms with Crippen LogP contribution in [0.1, 0.15) is 18.4 Å². The largest absolute Gasteiger partial charge is 0.465 e. The summed E-state index contributed by atoms with van der Waals surface area (Å²) in [5, 5.41) is 9.26.